The minimum absolute atomic E-state index is 0.203. The van der Waals surface area contributed by atoms with E-state index < -0.39 is 17.0 Å². The Balaban J connectivity index is 3.20. The van der Waals surface area contributed by atoms with Gasteiger partial charge in [0.15, 0.2) is 0 Å². The number of halogens is 3. The van der Waals surface area contributed by atoms with Gasteiger partial charge in [-0.05, 0) is 0 Å². The van der Waals surface area contributed by atoms with E-state index in [4.69, 9.17) is 0 Å². The van der Waals surface area contributed by atoms with Gasteiger partial charge in [0.25, 0.3) is 12.1 Å². The summed E-state index contributed by atoms with van der Waals surface area (Å²) in [5, 5.41) is 10.6. The molecule has 0 aliphatic rings. The fourth-order valence-electron chi connectivity index (χ4n) is 0.880. The van der Waals surface area contributed by atoms with Crippen LogP contribution in [-0.2, 0) is 5.33 Å². The smallest absolute Gasteiger partial charge is 0.258 e. The summed E-state index contributed by atoms with van der Waals surface area (Å²) < 4.78 is 24.5. The first-order chi connectivity index (χ1) is 6.54. The number of nitro groups is 1. The molecule has 4 nitrogen and oxygen atoms in total. The predicted molar refractivity (Wildman–Crippen MR) is 48.5 cm³/mol. The van der Waals surface area contributed by atoms with Crippen molar-refractivity contribution < 1.29 is 13.7 Å². The summed E-state index contributed by atoms with van der Waals surface area (Å²) in [6, 6.07) is 1.93. The molecular weight excluding hydrogens is 262 g/mol. The van der Waals surface area contributed by atoms with E-state index >= 15 is 0 Å². The maximum absolute atomic E-state index is 12.2. The summed E-state index contributed by atoms with van der Waals surface area (Å²) in [5.41, 5.74) is -0.729. The second kappa shape index (κ2) is 4.41. The standard InChI is InChI=1S/C7H5BrF2N2O2/c8-3-4-1-5(12(13)14)2-6(11-4)7(9)10/h1-2,7H,3H2. The van der Waals surface area contributed by atoms with Crippen LogP contribution in [0.4, 0.5) is 14.5 Å². The Morgan fingerprint density at radius 3 is 2.64 bits per heavy atom. The van der Waals surface area contributed by atoms with Crippen molar-refractivity contribution in [2.45, 2.75) is 11.8 Å². The lowest BCUT2D eigenvalue weighted by Crippen LogP contribution is -1.98. The molecule has 1 heterocycles. The molecule has 0 amide bonds. The molecule has 0 bridgehead atoms. The van der Waals surface area contributed by atoms with Gasteiger partial charge in [0.05, 0.1) is 10.6 Å². The molecule has 0 saturated heterocycles. The SMILES string of the molecule is O=[N+]([O-])c1cc(CBr)nc(C(F)F)c1. The largest absolute Gasteiger partial charge is 0.280 e. The highest BCUT2D eigenvalue weighted by Gasteiger charge is 2.16. The second-order valence-electron chi connectivity index (χ2n) is 2.43. The maximum Gasteiger partial charge on any atom is 0.280 e. The number of rotatable bonds is 3. The van der Waals surface area contributed by atoms with E-state index in [0.717, 1.165) is 12.1 Å². The Kier molecular flexibility index (Phi) is 3.45. The van der Waals surface area contributed by atoms with E-state index in [2.05, 4.69) is 20.9 Å². The molecule has 14 heavy (non-hydrogen) atoms. The number of nitrogens with zero attached hydrogens (tertiary/aromatic N) is 2. The Morgan fingerprint density at radius 1 is 1.57 bits per heavy atom. The van der Waals surface area contributed by atoms with Crippen LogP contribution in [0.3, 0.4) is 0 Å². The molecule has 1 aromatic heterocycles. The summed E-state index contributed by atoms with van der Waals surface area (Å²) in [4.78, 5) is 13.2. The van der Waals surface area contributed by atoms with Gasteiger partial charge >= 0.3 is 0 Å². The van der Waals surface area contributed by atoms with E-state index in [9.17, 15) is 18.9 Å². The molecule has 1 rings (SSSR count). The quantitative estimate of drug-likeness (QED) is 0.480. The molecule has 0 aliphatic carbocycles. The lowest BCUT2D eigenvalue weighted by atomic mass is 10.3. The summed E-state index contributed by atoms with van der Waals surface area (Å²) in [6.07, 6.45) is -2.80. The zero-order valence-electron chi connectivity index (χ0n) is 6.78. The number of alkyl halides is 3. The van der Waals surface area contributed by atoms with Crippen LogP contribution in [-0.4, -0.2) is 9.91 Å². The van der Waals surface area contributed by atoms with Gasteiger partial charge in [-0.3, -0.25) is 15.1 Å². The first-order valence-electron chi connectivity index (χ1n) is 3.54. The van der Waals surface area contributed by atoms with Crippen molar-refractivity contribution in [2.75, 3.05) is 0 Å². The maximum atomic E-state index is 12.2. The van der Waals surface area contributed by atoms with E-state index in [1.54, 1.807) is 0 Å². The van der Waals surface area contributed by atoms with Gasteiger partial charge in [0.2, 0.25) is 0 Å². The van der Waals surface area contributed by atoms with Crippen LogP contribution in [0.5, 0.6) is 0 Å². The molecule has 0 aromatic carbocycles. The number of hydrogen-bond acceptors (Lipinski definition) is 3. The Hall–Kier alpha value is -1.11. The molecule has 0 aliphatic heterocycles. The van der Waals surface area contributed by atoms with Gasteiger partial charge < -0.3 is 0 Å². The van der Waals surface area contributed by atoms with Crippen LogP contribution in [0.2, 0.25) is 0 Å². The predicted octanol–water partition coefficient (Wildman–Crippen LogP) is 2.82. The van der Waals surface area contributed by atoms with Crippen molar-refractivity contribution in [3.05, 3.63) is 33.6 Å². The zero-order valence-corrected chi connectivity index (χ0v) is 8.37. The third kappa shape index (κ3) is 2.44. The molecule has 0 saturated carbocycles. The molecule has 7 heteroatoms. The normalized spacial score (nSPS) is 10.6. The fourth-order valence-corrected chi connectivity index (χ4v) is 1.17. The van der Waals surface area contributed by atoms with E-state index in [-0.39, 0.29) is 16.7 Å². The summed E-state index contributed by atoms with van der Waals surface area (Å²) >= 11 is 2.99. The Labute approximate surface area is 86.2 Å². The third-order valence-corrected chi connectivity index (χ3v) is 2.03. The number of pyridine rings is 1. The van der Waals surface area contributed by atoms with E-state index in [1.165, 1.54) is 0 Å². The van der Waals surface area contributed by atoms with Gasteiger partial charge in [-0.2, -0.15) is 0 Å². The van der Waals surface area contributed by atoms with Crippen LogP contribution in [0.1, 0.15) is 17.8 Å². The van der Waals surface area contributed by atoms with Gasteiger partial charge in [0, 0.05) is 17.5 Å². The fraction of sp³-hybridized carbons (Fsp3) is 0.286. The highest BCUT2D eigenvalue weighted by atomic mass is 79.9. The highest BCUT2D eigenvalue weighted by molar-refractivity contribution is 9.08. The van der Waals surface area contributed by atoms with Crippen LogP contribution in [0.25, 0.3) is 0 Å². The van der Waals surface area contributed by atoms with E-state index in [1.807, 2.05) is 0 Å². The monoisotopic (exact) mass is 266 g/mol. The van der Waals surface area contributed by atoms with Crippen molar-refractivity contribution in [3.63, 3.8) is 0 Å². The lowest BCUT2D eigenvalue weighted by molar-refractivity contribution is -0.385. The molecular formula is C7H5BrF2N2O2. The van der Waals surface area contributed by atoms with Crippen molar-refractivity contribution in [1.29, 1.82) is 0 Å². The first-order valence-corrected chi connectivity index (χ1v) is 4.66. The topological polar surface area (TPSA) is 56.0 Å². The second-order valence-corrected chi connectivity index (χ2v) is 2.99. The molecule has 76 valence electrons. The number of aromatic nitrogens is 1. The molecule has 0 spiro atoms. The van der Waals surface area contributed by atoms with Crippen molar-refractivity contribution in [2.24, 2.45) is 0 Å². The average molecular weight is 267 g/mol. The van der Waals surface area contributed by atoms with E-state index in [0.29, 0.717) is 0 Å². The van der Waals surface area contributed by atoms with Gasteiger partial charge in [-0.25, -0.2) is 8.78 Å². The lowest BCUT2D eigenvalue weighted by Gasteiger charge is -2.01. The average Bonchev–Trinajstić information content (AvgIpc) is 2.16. The molecule has 0 N–H and O–H groups in total. The molecule has 0 fully saturated rings. The Bertz CT molecular complexity index is 360. The highest BCUT2D eigenvalue weighted by Crippen LogP contribution is 2.23. The third-order valence-electron chi connectivity index (χ3n) is 1.45. The van der Waals surface area contributed by atoms with Crippen LogP contribution in [0, 0.1) is 10.1 Å². The molecule has 0 atom stereocenters. The van der Waals surface area contributed by atoms with Crippen LogP contribution in [0.15, 0.2) is 12.1 Å². The van der Waals surface area contributed by atoms with Crippen molar-refractivity contribution in [1.82, 2.24) is 4.98 Å². The summed E-state index contributed by atoms with van der Waals surface area (Å²) in [5.74, 6) is 0. The summed E-state index contributed by atoms with van der Waals surface area (Å²) in [7, 11) is 0. The van der Waals surface area contributed by atoms with Crippen LogP contribution < -0.4 is 0 Å². The minimum atomic E-state index is -2.80. The van der Waals surface area contributed by atoms with Gasteiger partial charge in [0.1, 0.15) is 5.69 Å². The Morgan fingerprint density at radius 2 is 2.21 bits per heavy atom. The van der Waals surface area contributed by atoms with Crippen LogP contribution >= 0.6 is 15.9 Å². The van der Waals surface area contributed by atoms with Gasteiger partial charge in [-0.15, -0.1) is 0 Å². The van der Waals surface area contributed by atoms with Gasteiger partial charge in [-0.1, -0.05) is 15.9 Å². The zero-order chi connectivity index (χ0) is 10.7. The summed E-state index contributed by atoms with van der Waals surface area (Å²) in [6.45, 7) is 0. The number of hydrogen-bond donors (Lipinski definition) is 0. The first kappa shape index (κ1) is 11.0. The molecule has 0 unspecified atom stereocenters. The molecule has 1 aromatic rings. The molecule has 0 radical (unpaired) electrons. The van der Waals surface area contributed by atoms with Crippen molar-refractivity contribution in [3.8, 4) is 0 Å². The minimum Gasteiger partial charge on any atom is -0.258 e. The van der Waals surface area contributed by atoms with Crippen molar-refractivity contribution >= 4 is 21.6 Å².